The highest BCUT2D eigenvalue weighted by atomic mass is 127. The van der Waals surface area contributed by atoms with Crippen molar-refractivity contribution in [2.45, 2.75) is 6.43 Å². The largest absolute Gasteiger partial charge is 0.477 e. The summed E-state index contributed by atoms with van der Waals surface area (Å²) < 4.78 is 24.6. The molecule has 0 aromatic carbocycles. The lowest BCUT2D eigenvalue weighted by atomic mass is 10.2. The number of pyridine rings is 1. The molecule has 14 heavy (non-hydrogen) atoms. The highest BCUT2D eigenvalue weighted by molar-refractivity contribution is 14.1. The first kappa shape index (κ1) is 11.6. The van der Waals surface area contributed by atoms with Crippen LogP contribution in [0.5, 0.6) is 0 Å². The van der Waals surface area contributed by atoms with Crippen LogP contribution in [0.2, 0.25) is 5.02 Å². The summed E-state index contributed by atoms with van der Waals surface area (Å²) in [6.45, 7) is 0. The lowest BCUT2D eigenvalue weighted by molar-refractivity contribution is 0.0689. The Morgan fingerprint density at radius 3 is 2.57 bits per heavy atom. The van der Waals surface area contributed by atoms with Crippen LogP contribution in [0.15, 0.2) is 6.07 Å². The molecule has 0 radical (unpaired) electrons. The molecule has 0 amide bonds. The second-order valence-electron chi connectivity index (χ2n) is 2.30. The molecule has 0 saturated carbocycles. The molecule has 0 spiro atoms. The van der Waals surface area contributed by atoms with E-state index in [-0.39, 0.29) is 14.4 Å². The van der Waals surface area contributed by atoms with Crippen molar-refractivity contribution < 1.29 is 18.7 Å². The number of nitrogens with zero attached hydrogens (tertiary/aromatic N) is 1. The van der Waals surface area contributed by atoms with Crippen LogP contribution in [0.25, 0.3) is 0 Å². The van der Waals surface area contributed by atoms with Crippen molar-refractivity contribution in [1.82, 2.24) is 4.98 Å². The summed E-state index contributed by atoms with van der Waals surface area (Å²) in [5.74, 6) is -1.30. The van der Waals surface area contributed by atoms with Crippen LogP contribution in [0, 0.1) is 3.70 Å². The van der Waals surface area contributed by atoms with Gasteiger partial charge in [0.2, 0.25) is 0 Å². The van der Waals surface area contributed by atoms with E-state index in [1.165, 1.54) is 22.6 Å². The number of carbonyl (C=O) groups is 1. The van der Waals surface area contributed by atoms with Crippen molar-refractivity contribution in [2.75, 3.05) is 0 Å². The van der Waals surface area contributed by atoms with E-state index < -0.39 is 18.0 Å². The Bertz CT molecular complexity index is 363. The maximum atomic E-state index is 12.3. The molecule has 0 unspecified atom stereocenters. The van der Waals surface area contributed by atoms with Crippen LogP contribution >= 0.6 is 34.2 Å². The maximum Gasteiger partial charge on any atom is 0.354 e. The van der Waals surface area contributed by atoms with E-state index in [4.69, 9.17) is 16.7 Å². The van der Waals surface area contributed by atoms with Crippen molar-refractivity contribution in [3.8, 4) is 0 Å². The maximum absolute atomic E-state index is 12.3. The molecule has 0 atom stereocenters. The number of rotatable bonds is 2. The summed E-state index contributed by atoms with van der Waals surface area (Å²) in [7, 11) is 0. The summed E-state index contributed by atoms with van der Waals surface area (Å²) in [6, 6.07) is 0.910. The molecule has 0 aliphatic heterocycles. The minimum Gasteiger partial charge on any atom is -0.477 e. The Morgan fingerprint density at radius 1 is 1.64 bits per heavy atom. The van der Waals surface area contributed by atoms with Gasteiger partial charge in [0.05, 0.1) is 10.6 Å². The van der Waals surface area contributed by atoms with E-state index in [1.54, 1.807) is 0 Å². The standard InChI is InChI=1S/C7H3ClF2INO2/c8-2-1-3(7(13)14)12-6(11)4(2)5(9)10/h1,5H,(H,13,14). The van der Waals surface area contributed by atoms with E-state index in [0.717, 1.165) is 6.07 Å². The zero-order valence-electron chi connectivity index (χ0n) is 6.47. The molecule has 76 valence electrons. The van der Waals surface area contributed by atoms with Gasteiger partial charge >= 0.3 is 5.97 Å². The molecule has 1 heterocycles. The van der Waals surface area contributed by atoms with E-state index in [1.807, 2.05) is 0 Å². The summed E-state index contributed by atoms with van der Waals surface area (Å²) in [4.78, 5) is 14.0. The number of aromatic carboxylic acids is 1. The fraction of sp³-hybridized carbons (Fsp3) is 0.143. The zero-order valence-corrected chi connectivity index (χ0v) is 9.38. The van der Waals surface area contributed by atoms with Crippen LogP contribution in [0.3, 0.4) is 0 Å². The molecule has 0 bridgehead atoms. The Labute approximate surface area is 96.2 Å². The van der Waals surface area contributed by atoms with Crippen molar-refractivity contribution in [3.05, 3.63) is 26.0 Å². The quantitative estimate of drug-likeness (QED) is 0.669. The molecule has 0 aliphatic carbocycles. The van der Waals surface area contributed by atoms with Crippen molar-refractivity contribution in [2.24, 2.45) is 0 Å². The van der Waals surface area contributed by atoms with Crippen LogP contribution in [0.4, 0.5) is 8.78 Å². The normalized spacial score (nSPS) is 10.6. The highest BCUT2D eigenvalue weighted by Crippen LogP contribution is 2.30. The first-order valence-corrected chi connectivity index (χ1v) is 4.76. The van der Waals surface area contributed by atoms with Crippen LogP contribution in [-0.2, 0) is 0 Å². The number of carboxylic acid groups (broad SMARTS) is 1. The number of hydrogen-bond donors (Lipinski definition) is 1. The Balaban J connectivity index is 3.32. The third-order valence-electron chi connectivity index (χ3n) is 1.40. The Morgan fingerprint density at radius 2 is 2.21 bits per heavy atom. The summed E-state index contributed by atoms with van der Waals surface area (Å²) in [5.41, 5.74) is -0.777. The van der Waals surface area contributed by atoms with Crippen LogP contribution in [0.1, 0.15) is 22.5 Å². The first-order valence-electron chi connectivity index (χ1n) is 3.31. The van der Waals surface area contributed by atoms with Gasteiger partial charge in [0, 0.05) is 0 Å². The summed E-state index contributed by atoms with van der Waals surface area (Å²) in [6.07, 6.45) is -2.76. The average molecular weight is 333 g/mol. The topological polar surface area (TPSA) is 50.2 Å². The molecule has 1 N–H and O–H groups in total. The number of aromatic nitrogens is 1. The molecule has 0 fully saturated rings. The monoisotopic (exact) mass is 333 g/mol. The predicted molar refractivity (Wildman–Crippen MR) is 53.9 cm³/mol. The van der Waals surface area contributed by atoms with Gasteiger partial charge < -0.3 is 5.11 Å². The molecule has 0 saturated heterocycles. The number of hydrogen-bond acceptors (Lipinski definition) is 2. The zero-order chi connectivity index (χ0) is 10.9. The lowest BCUT2D eigenvalue weighted by Gasteiger charge is -2.05. The van der Waals surface area contributed by atoms with Crippen molar-refractivity contribution >= 4 is 40.2 Å². The summed E-state index contributed by atoms with van der Waals surface area (Å²) >= 11 is 7.01. The van der Waals surface area contributed by atoms with Gasteiger partial charge in [-0.1, -0.05) is 11.6 Å². The van der Waals surface area contributed by atoms with Gasteiger partial charge in [-0.05, 0) is 28.7 Å². The molecule has 1 aromatic rings. The van der Waals surface area contributed by atoms with Gasteiger partial charge in [-0.15, -0.1) is 0 Å². The number of alkyl halides is 2. The Kier molecular flexibility index (Phi) is 3.59. The minimum absolute atomic E-state index is 0.0949. The van der Waals surface area contributed by atoms with E-state index in [9.17, 15) is 13.6 Å². The van der Waals surface area contributed by atoms with E-state index in [2.05, 4.69) is 4.98 Å². The average Bonchev–Trinajstić information content (AvgIpc) is 2.01. The number of halogens is 4. The second-order valence-corrected chi connectivity index (χ2v) is 3.73. The van der Waals surface area contributed by atoms with Gasteiger partial charge in [0.15, 0.2) is 5.69 Å². The van der Waals surface area contributed by atoms with Crippen LogP contribution < -0.4 is 0 Å². The highest BCUT2D eigenvalue weighted by Gasteiger charge is 2.20. The van der Waals surface area contributed by atoms with Gasteiger partial charge in [-0.2, -0.15) is 0 Å². The Hall–Kier alpha value is -0.500. The third kappa shape index (κ3) is 2.30. The molecule has 1 rings (SSSR count). The predicted octanol–water partition coefficient (Wildman–Crippen LogP) is 2.98. The van der Waals surface area contributed by atoms with Crippen molar-refractivity contribution in [1.29, 1.82) is 0 Å². The summed E-state index contributed by atoms with van der Waals surface area (Å²) in [5, 5.41) is 8.27. The van der Waals surface area contributed by atoms with Gasteiger partial charge in [-0.3, -0.25) is 0 Å². The molecule has 0 aliphatic rings. The third-order valence-corrected chi connectivity index (χ3v) is 2.53. The molecule has 1 aromatic heterocycles. The van der Waals surface area contributed by atoms with E-state index >= 15 is 0 Å². The lowest BCUT2D eigenvalue weighted by Crippen LogP contribution is -2.05. The van der Waals surface area contributed by atoms with Crippen molar-refractivity contribution in [3.63, 3.8) is 0 Å². The first-order chi connectivity index (χ1) is 6.43. The fourth-order valence-corrected chi connectivity index (χ4v) is 2.02. The smallest absolute Gasteiger partial charge is 0.354 e. The van der Waals surface area contributed by atoms with Gasteiger partial charge in [-0.25, -0.2) is 18.6 Å². The number of carboxylic acids is 1. The minimum atomic E-state index is -2.76. The fourth-order valence-electron chi connectivity index (χ4n) is 0.798. The SMILES string of the molecule is O=C(O)c1cc(Cl)c(C(F)F)c(I)n1. The molecule has 3 nitrogen and oxygen atoms in total. The van der Waals surface area contributed by atoms with Gasteiger partial charge in [0.25, 0.3) is 6.43 Å². The molecular weight excluding hydrogens is 330 g/mol. The van der Waals surface area contributed by atoms with E-state index in [0.29, 0.717) is 0 Å². The molecule has 7 heteroatoms. The van der Waals surface area contributed by atoms with Gasteiger partial charge in [0.1, 0.15) is 3.70 Å². The molecular formula is C7H3ClF2INO2. The second kappa shape index (κ2) is 4.35. The van der Waals surface area contributed by atoms with Crippen LogP contribution in [-0.4, -0.2) is 16.1 Å².